The summed E-state index contributed by atoms with van der Waals surface area (Å²) < 4.78 is 2.28. The molecule has 1 heterocycles. The van der Waals surface area contributed by atoms with Crippen LogP contribution in [0.2, 0.25) is 0 Å². The molecule has 1 aromatic heterocycles. The summed E-state index contributed by atoms with van der Waals surface area (Å²) in [6.07, 6.45) is 6.00. The topological polar surface area (TPSA) is 30.7 Å². The molecule has 0 bridgehead atoms. The molecule has 0 N–H and O–H groups in total. The quantitative estimate of drug-likeness (QED) is 0.625. The van der Waals surface area contributed by atoms with Crippen LogP contribution in [0.4, 0.5) is 0 Å². The van der Waals surface area contributed by atoms with Gasteiger partial charge in [-0.05, 0) is 12.8 Å². The average molecular weight is 279 g/mol. The fourth-order valence-electron chi connectivity index (χ4n) is 1.01. The predicted molar refractivity (Wildman–Crippen MR) is 57.4 cm³/mol. The third-order valence-corrected chi connectivity index (χ3v) is 2.17. The van der Waals surface area contributed by atoms with Gasteiger partial charge < -0.3 is 0 Å². The first-order chi connectivity index (χ1) is 5.58. The molecule has 4 heteroatoms. The molecular formula is C8H14IN3. The second-order valence-corrected chi connectivity index (χ2v) is 6.41. The normalized spacial score (nSPS) is 11.9. The maximum absolute atomic E-state index is 3.90. The van der Waals surface area contributed by atoms with Crippen molar-refractivity contribution in [2.45, 2.75) is 36.7 Å². The van der Waals surface area contributed by atoms with Crippen molar-refractivity contribution < 1.29 is 0 Å². The van der Waals surface area contributed by atoms with E-state index in [2.05, 4.69) is 46.8 Å². The van der Waals surface area contributed by atoms with Crippen LogP contribution in [0.1, 0.15) is 26.7 Å². The number of hydrogen-bond acceptors (Lipinski definition) is 2. The Kier molecular flexibility index (Phi) is 3.49. The molecule has 0 aromatic carbocycles. The maximum Gasteiger partial charge on any atom is 0.0692 e. The molecule has 1 aromatic rings. The monoisotopic (exact) mass is 279 g/mol. The SMILES string of the molecule is CC(C)(I)CCCn1ccnn1. The number of hydrogen-bond donors (Lipinski definition) is 0. The first kappa shape index (κ1) is 9.95. The van der Waals surface area contributed by atoms with E-state index in [0.29, 0.717) is 3.42 Å². The lowest BCUT2D eigenvalue weighted by Crippen LogP contribution is -2.10. The van der Waals surface area contributed by atoms with Crippen LogP contribution in [0.5, 0.6) is 0 Å². The van der Waals surface area contributed by atoms with Crippen molar-refractivity contribution in [2.75, 3.05) is 0 Å². The highest BCUT2D eigenvalue weighted by Crippen LogP contribution is 2.22. The van der Waals surface area contributed by atoms with Crippen molar-refractivity contribution >= 4 is 22.6 Å². The van der Waals surface area contributed by atoms with Gasteiger partial charge in [0.25, 0.3) is 0 Å². The zero-order chi connectivity index (χ0) is 9.03. The summed E-state index contributed by atoms with van der Waals surface area (Å²) in [6.45, 7) is 5.47. The minimum Gasteiger partial charge on any atom is -0.253 e. The van der Waals surface area contributed by atoms with Gasteiger partial charge >= 0.3 is 0 Å². The zero-order valence-electron chi connectivity index (χ0n) is 7.50. The van der Waals surface area contributed by atoms with Gasteiger partial charge in [-0.3, -0.25) is 4.68 Å². The third kappa shape index (κ3) is 4.04. The Hall–Kier alpha value is -0.130. The number of aromatic nitrogens is 3. The maximum atomic E-state index is 3.90. The van der Waals surface area contributed by atoms with Crippen LogP contribution in [-0.4, -0.2) is 18.4 Å². The summed E-state index contributed by atoms with van der Waals surface area (Å²) in [5.74, 6) is 0. The van der Waals surface area contributed by atoms with Crippen molar-refractivity contribution in [1.29, 1.82) is 0 Å². The Balaban J connectivity index is 2.20. The van der Waals surface area contributed by atoms with E-state index in [4.69, 9.17) is 0 Å². The third-order valence-electron chi connectivity index (χ3n) is 1.63. The summed E-state index contributed by atoms with van der Waals surface area (Å²) in [6, 6.07) is 0. The van der Waals surface area contributed by atoms with Crippen molar-refractivity contribution in [3.63, 3.8) is 0 Å². The highest BCUT2D eigenvalue weighted by atomic mass is 127. The van der Waals surface area contributed by atoms with E-state index in [-0.39, 0.29) is 0 Å². The molecule has 0 fully saturated rings. The highest BCUT2D eigenvalue weighted by molar-refractivity contribution is 14.1. The Morgan fingerprint density at radius 1 is 1.50 bits per heavy atom. The van der Waals surface area contributed by atoms with Crippen LogP contribution in [-0.2, 0) is 6.54 Å². The minimum atomic E-state index is 0.401. The molecule has 0 spiro atoms. The molecule has 0 unspecified atom stereocenters. The molecule has 3 nitrogen and oxygen atoms in total. The van der Waals surface area contributed by atoms with Crippen molar-refractivity contribution in [2.24, 2.45) is 0 Å². The van der Waals surface area contributed by atoms with E-state index in [1.165, 1.54) is 12.8 Å². The highest BCUT2D eigenvalue weighted by Gasteiger charge is 2.11. The Morgan fingerprint density at radius 3 is 2.75 bits per heavy atom. The summed E-state index contributed by atoms with van der Waals surface area (Å²) in [5, 5.41) is 7.65. The van der Waals surface area contributed by atoms with Gasteiger partial charge in [-0.1, -0.05) is 41.7 Å². The molecule has 0 saturated carbocycles. The molecule has 12 heavy (non-hydrogen) atoms. The van der Waals surface area contributed by atoms with Crippen LogP contribution in [0, 0.1) is 0 Å². The lowest BCUT2D eigenvalue weighted by atomic mass is 10.1. The lowest BCUT2D eigenvalue weighted by molar-refractivity contribution is 0.513. The largest absolute Gasteiger partial charge is 0.253 e. The van der Waals surface area contributed by atoms with E-state index in [0.717, 1.165) is 6.54 Å². The van der Waals surface area contributed by atoms with Crippen LogP contribution in [0.3, 0.4) is 0 Å². The van der Waals surface area contributed by atoms with Crippen molar-refractivity contribution in [1.82, 2.24) is 15.0 Å². The van der Waals surface area contributed by atoms with Gasteiger partial charge in [0.1, 0.15) is 0 Å². The Labute approximate surface area is 86.7 Å². The van der Waals surface area contributed by atoms with E-state index in [1.54, 1.807) is 6.20 Å². The van der Waals surface area contributed by atoms with Gasteiger partial charge in [-0.25, -0.2) is 0 Å². The summed E-state index contributed by atoms with van der Waals surface area (Å²) >= 11 is 2.47. The van der Waals surface area contributed by atoms with Crippen LogP contribution in [0.25, 0.3) is 0 Å². The van der Waals surface area contributed by atoms with Gasteiger partial charge in [0.2, 0.25) is 0 Å². The molecule has 0 saturated heterocycles. The molecule has 0 radical (unpaired) electrons. The van der Waals surface area contributed by atoms with E-state index >= 15 is 0 Å². The first-order valence-electron chi connectivity index (χ1n) is 4.11. The number of aryl methyl sites for hydroxylation is 1. The van der Waals surface area contributed by atoms with Gasteiger partial charge in [-0.15, -0.1) is 5.10 Å². The van der Waals surface area contributed by atoms with Crippen LogP contribution >= 0.6 is 22.6 Å². The zero-order valence-corrected chi connectivity index (χ0v) is 9.65. The van der Waals surface area contributed by atoms with E-state index < -0.39 is 0 Å². The standard InChI is InChI=1S/C8H14IN3/c1-8(2,9)4-3-6-12-7-5-10-11-12/h5,7H,3-4,6H2,1-2H3. The molecule has 0 aliphatic rings. The van der Waals surface area contributed by atoms with Crippen molar-refractivity contribution in [3.8, 4) is 0 Å². The summed E-state index contributed by atoms with van der Waals surface area (Å²) in [4.78, 5) is 0. The Morgan fingerprint density at radius 2 is 2.25 bits per heavy atom. The summed E-state index contributed by atoms with van der Waals surface area (Å²) in [7, 11) is 0. The molecule has 0 aliphatic heterocycles. The minimum absolute atomic E-state index is 0.401. The van der Waals surface area contributed by atoms with E-state index in [1.807, 2.05) is 10.9 Å². The van der Waals surface area contributed by atoms with Gasteiger partial charge in [0, 0.05) is 16.2 Å². The molecular weight excluding hydrogens is 265 g/mol. The van der Waals surface area contributed by atoms with Gasteiger partial charge in [0.15, 0.2) is 0 Å². The lowest BCUT2D eigenvalue weighted by Gasteiger charge is -2.14. The number of alkyl halides is 1. The molecule has 0 aliphatic carbocycles. The molecule has 1 rings (SSSR count). The second kappa shape index (κ2) is 4.20. The van der Waals surface area contributed by atoms with Crippen LogP contribution < -0.4 is 0 Å². The van der Waals surface area contributed by atoms with Crippen molar-refractivity contribution in [3.05, 3.63) is 12.4 Å². The average Bonchev–Trinajstić information content (AvgIpc) is 2.36. The first-order valence-corrected chi connectivity index (χ1v) is 5.19. The second-order valence-electron chi connectivity index (χ2n) is 3.49. The smallest absolute Gasteiger partial charge is 0.0692 e. The fraction of sp³-hybridized carbons (Fsp3) is 0.750. The van der Waals surface area contributed by atoms with Gasteiger partial charge in [-0.2, -0.15) is 0 Å². The van der Waals surface area contributed by atoms with Gasteiger partial charge in [0.05, 0.1) is 6.20 Å². The number of nitrogens with zero attached hydrogens (tertiary/aromatic N) is 3. The predicted octanol–water partition coefficient (Wildman–Crippen LogP) is 2.27. The number of halogens is 1. The van der Waals surface area contributed by atoms with E-state index in [9.17, 15) is 0 Å². The van der Waals surface area contributed by atoms with Crippen LogP contribution in [0.15, 0.2) is 12.4 Å². The fourth-order valence-corrected chi connectivity index (χ4v) is 1.39. The molecule has 0 amide bonds. The Bertz CT molecular complexity index is 213. The molecule has 0 atom stereocenters. The summed E-state index contributed by atoms with van der Waals surface area (Å²) in [5.41, 5.74) is 0. The molecule has 68 valence electrons. The number of rotatable bonds is 4.